The molecule has 0 spiro atoms. The van der Waals surface area contributed by atoms with Gasteiger partial charge >= 0.3 is 0 Å². The van der Waals surface area contributed by atoms with Gasteiger partial charge in [0.1, 0.15) is 0 Å². The molecule has 1 aromatic heterocycles. The van der Waals surface area contributed by atoms with Crippen LogP contribution in [0, 0.1) is 0 Å². The van der Waals surface area contributed by atoms with Gasteiger partial charge in [0, 0.05) is 12.7 Å². The van der Waals surface area contributed by atoms with Crippen LogP contribution in [0.1, 0.15) is 18.9 Å². The maximum absolute atomic E-state index is 12.0. The van der Waals surface area contributed by atoms with Crippen LogP contribution < -0.4 is 11.1 Å². The second kappa shape index (κ2) is 6.86. The number of carbonyl (C=O) groups excluding carboxylic acids is 1. The van der Waals surface area contributed by atoms with Gasteiger partial charge in [0.05, 0.1) is 17.9 Å². The van der Waals surface area contributed by atoms with E-state index in [9.17, 15) is 4.79 Å². The first-order valence-corrected chi connectivity index (χ1v) is 6.82. The molecule has 2 aromatic rings. The first-order chi connectivity index (χ1) is 9.69. The van der Waals surface area contributed by atoms with E-state index in [-0.39, 0.29) is 5.91 Å². The average molecular weight is 272 g/mol. The monoisotopic (exact) mass is 272 g/mol. The molecule has 1 atom stereocenters. The van der Waals surface area contributed by atoms with Crippen molar-refractivity contribution >= 4 is 11.6 Å². The number of benzene rings is 1. The highest BCUT2D eigenvalue weighted by molar-refractivity contribution is 5.94. The van der Waals surface area contributed by atoms with Crippen LogP contribution in [0.5, 0.6) is 0 Å². The minimum absolute atomic E-state index is 0.170. The Labute approximate surface area is 118 Å². The van der Waals surface area contributed by atoms with Gasteiger partial charge < -0.3 is 11.1 Å². The fourth-order valence-corrected chi connectivity index (χ4v) is 1.93. The number of nitrogens with zero attached hydrogens (tertiary/aromatic N) is 2. The third kappa shape index (κ3) is 3.93. The van der Waals surface area contributed by atoms with Gasteiger partial charge in [-0.3, -0.25) is 9.48 Å². The van der Waals surface area contributed by atoms with Crippen molar-refractivity contribution in [3.8, 4) is 0 Å². The predicted molar refractivity (Wildman–Crippen MR) is 79.3 cm³/mol. The molecular weight excluding hydrogens is 252 g/mol. The first kappa shape index (κ1) is 14.3. The molecule has 1 heterocycles. The number of amides is 1. The lowest BCUT2D eigenvalue weighted by Gasteiger charge is -2.11. The van der Waals surface area contributed by atoms with Crippen molar-refractivity contribution in [3.63, 3.8) is 0 Å². The van der Waals surface area contributed by atoms with Crippen molar-refractivity contribution in [1.82, 2.24) is 9.78 Å². The lowest BCUT2D eigenvalue weighted by atomic mass is 10.1. The summed E-state index contributed by atoms with van der Waals surface area (Å²) in [7, 11) is 0. The third-order valence-corrected chi connectivity index (χ3v) is 3.15. The summed E-state index contributed by atoms with van der Waals surface area (Å²) in [6.07, 6.45) is 4.84. The molecule has 0 radical (unpaired) electrons. The number of nitrogens with one attached hydrogen (secondary N) is 1. The summed E-state index contributed by atoms with van der Waals surface area (Å²) >= 11 is 0. The van der Waals surface area contributed by atoms with Crippen LogP contribution in [0.15, 0.2) is 42.7 Å². The van der Waals surface area contributed by atoms with E-state index in [1.165, 1.54) is 5.56 Å². The molecule has 0 bridgehead atoms. The Balaban J connectivity index is 1.82. The topological polar surface area (TPSA) is 72.9 Å². The van der Waals surface area contributed by atoms with E-state index in [4.69, 9.17) is 5.73 Å². The van der Waals surface area contributed by atoms with Gasteiger partial charge in [-0.1, -0.05) is 30.3 Å². The second-order valence-corrected chi connectivity index (χ2v) is 4.70. The summed E-state index contributed by atoms with van der Waals surface area (Å²) in [6.45, 7) is 2.76. The Morgan fingerprint density at radius 1 is 1.40 bits per heavy atom. The molecule has 0 saturated heterocycles. The summed E-state index contributed by atoms with van der Waals surface area (Å²) < 4.78 is 1.76. The van der Waals surface area contributed by atoms with Crippen molar-refractivity contribution in [1.29, 1.82) is 0 Å². The maximum atomic E-state index is 12.0. The van der Waals surface area contributed by atoms with Gasteiger partial charge in [-0.2, -0.15) is 5.10 Å². The summed E-state index contributed by atoms with van der Waals surface area (Å²) in [5.41, 5.74) is 7.79. The van der Waals surface area contributed by atoms with Crippen molar-refractivity contribution in [2.45, 2.75) is 32.4 Å². The number of aryl methyl sites for hydroxylation is 2. The largest absolute Gasteiger partial charge is 0.322 e. The van der Waals surface area contributed by atoms with Gasteiger partial charge in [-0.15, -0.1) is 0 Å². The van der Waals surface area contributed by atoms with Crippen molar-refractivity contribution in [2.75, 3.05) is 5.32 Å². The van der Waals surface area contributed by atoms with Gasteiger partial charge in [0.25, 0.3) is 0 Å². The van der Waals surface area contributed by atoms with E-state index in [2.05, 4.69) is 10.4 Å². The van der Waals surface area contributed by atoms with Gasteiger partial charge in [-0.25, -0.2) is 0 Å². The Bertz CT molecular complexity index is 550. The minimum atomic E-state index is -0.514. The predicted octanol–water partition coefficient (Wildman–Crippen LogP) is 1.80. The number of hydrogen-bond acceptors (Lipinski definition) is 3. The molecule has 1 unspecified atom stereocenters. The molecule has 0 aliphatic heterocycles. The molecule has 5 nitrogen and oxygen atoms in total. The lowest BCUT2D eigenvalue weighted by molar-refractivity contribution is -0.117. The Kier molecular flexibility index (Phi) is 4.90. The molecule has 106 valence electrons. The minimum Gasteiger partial charge on any atom is -0.322 e. The number of hydrogen-bond donors (Lipinski definition) is 2. The fourth-order valence-electron chi connectivity index (χ4n) is 1.93. The number of aromatic nitrogens is 2. The molecule has 3 N–H and O–H groups in total. The first-order valence-electron chi connectivity index (χ1n) is 6.82. The van der Waals surface area contributed by atoms with Crippen LogP contribution in [0.3, 0.4) is 0 Å². The molecular formula is C15H20N4O. The average Bonchev–Trinajstić information content (AvgIpc) is 2.93. The van der Waals surface area contributed by atoms with Crippen LogP contribution in [0.4, 0.5) is 5.69 Å². The number of anilines is 1. The van der Waals surface area contributed by atoms with E-state index in [1.807, 2.05) is 37.3 Å². The highest BCUT2D eigenvalue weighted by atomic mass is 16.2. The number of nitrogens with two attached hydrogens (primary N) is 1. The van der Waals surface area contributed by atoms with E-state index in [1.54, 1.807) is 17.1 Å². The SMILES string of the molecule is CCn1cc(NC(=O)C(N)CCc2ccccc2)cn1. The Morgan fingerprint density at radius 2 is 2.15 bits per heavy atom. The zero-order chi connectivity index (χ0) is 14.4. The van der Waals surface area contributed by atoms with E-state index in [0.717, 1.165) is 13.0 Å². The summed E-state index contributed by atoms with van der Waals surface area (Å²) in [5.74, 6) is -0.170. The zero-order valence-corrected chi connectivity index (χ0v) is 11.6. The highest BCUT2D eigenvalue weighted by Crippen LogP contribution is 2.08. The van der Waals surface area contributed by atoms with Crippen LogP contribution in [0.2, 0.25) is 0 Å². The van der Waals surface area contributed by atoms with Gasteiger partial charge in [-0.05, 0) is 25.3 Å². The van der Waals surface area contributed by atoms with E-state index >= 15 is 0 Å². The molecule has 0 fully saturated rings. The summed E-state index contributed by atoms with van der Waals surface area (Å²) in [6, 6.07) is 9.51. The zero-order valence-electron chi connectivity index (χ0n) is 11.6. The molecule has 20 heavy (non-hydrogen) atoms. The smallest absolute Gasteiger partial charge is 0.241 e. The second-order valence-electron chi connectivity index (χ2n) is 4.70. The van der Waals surface area contributed by atoms with Gasteiger partial charge in [0.15, 0.2) is 0 Å². The molecule has 1 aromatic carbocycles. The lowest BCUT2D eigenvalue weighted by Crippen LogP contribution is -2.35. The molecule has 0 saturated carbocycles. The Hall–Kier alpha value is -2.14. The van der Waals surface area contributed by atoms with Gasteiger partial charge in [0.2, 0.25) is 5.91 Å². The molecule has 2 rings (SSSR count). The fraction of sp³-hybridized carbons (Fsp3) is 0.333. The molecule has 0 aliphatic carbocycles. The van der Waals surface area contributed by atoms with Crippen molar-refractivity contribution in [2.24, 2.45) is 5.73 Å². The van der Waals surface area contributed by atoms with Crippen molar-refractivity contribution in [3.05, 3.63) is 48.3 Å². The van der Waals surface area contributed by atoms with Crippen molar-refractivity contribution < 1.29 is 4.79 Å². The highest BCUT2D eigenvalue weighted by Gasteiger charge is 2.14. The standard InChI is InChI=1S/C15H20N4O/c1-2-19-11-13(10-17-19)18-15(20)14(16)9-8-12-6-4-3-5-7-12/h3-7,10-11,14H,2,8-9,16H2,1H3,(H,18,20). The Morgan fingerprint density at radius 3 is 2.80 bits per heavy atom. The quantitative estimate of drug-likeness (QED) is 0.842. The summed E-state index contributed by atoms with van der Waals surface area (Å²) in [5, 5.41) is 6.89. The molecule has 5 heteroatoms. The third-order valence-electron chi connectivity index (χ3n) is 3.15. The molecule has 1 amide bonds. The van der Waals surface area contributed by atoms with E-state index < -0.39 is 6.04 Å². The van der Waals surface area contributed by atoms with Crippen LogP contribution in [-0.2, 0) is 17.8 Å². The number of rotatable bonds is 6. The maximum Gasteiger partial charge on any atom is 0.241 e. The van der Waals surface area contributed by atoms with Crippen LogP contribution in [-0.4, -0.2) is 21.7 Å². The number of carbonyl (C=O) groups is 1. The summed E-state index contributed by atoms with van der Waals surface area (Å²) in [4.78, 5) is 12.0. The molecule has 0 aliphatic rings. The van der Waals surface area contributed by atoms with Crippen LogP contribution in [0.25, 0.3) is 0 Å². The van der Waals surface area contributed by atoms with Crippen LogP contribution >= 0.6 is 0 Å². The van der Waals surface area contributed by atoms with E-state index in [0.29, 0.717) is 12.1 Å². The normalized spacial score (nSPS) is 12.1.